The number of H-pyrrole nitrogens is 1. The molecule has 35 heavy (non-hydrogen) atoms. The Labute approximate surface area is 201 Å². The number of anilines is 1. The molecule has 0 aromatic carbocycles. The van der Waals surface area contributed by atoms with Gasteiger partial charge in [0.25, 0.3) is 11.3 Å². The van der Waals surface area contributed by atoms with Gasteiger partial charge in [-0.2, -0.15) is 4.52 Å². The Balaban J connectivity index is 1.26. The lowest BCUT2D eigenvalue weighted by Gasteiger charge is -2.42. The van der Waals surface area contributed by atoms with Crippen molar-refractivity contribution in [2.24, 2.45) is 0 Å². The summed E-state index contributed by atoms with van der Waals surface area (Å²) in [5.74, 6) is 0.171. The van der Waals surface area contributed by atoms with Gasteiger partial charge in [0.1, 0.15) is 6.33 Å². The molecule has 4 aromatic heterocycles. The van der Waals surface area contributed by atoms with E-state index in [1.165, 1.54) is 10.8 Å². The van der Waals surface area contributed by atoms with Crippen LogP contribution >= 0.6 is 0 Å². The highest BCUT2D eigenvalue weighted by molar-refractivity contribution is 5.90. The second-order valence-corrected chi connectivity index (χ2v) is 9.23. The molecule has 1 atom stereocenters. The van der Waals surface area contributed by atoms with Crippen LogP contribution in [-0.2, 0) is 11.2 Å². The average molecular weight is 477 g/mol. The average Bonchev–Trinajstić information content (AvgIpc) is 3.31. The summed E-state index contributed by atoms with van der Waals surface area (Å²) in [5, 5.41) is 15.1. The number of aromatic nitrogens is 6. The molecule has 1 aliphatic heterocycles. The van der Waals surface area contributed by atoms with Gasteiger partial charge in [-0.05, 0) is 38.3 Å². The molecule has 182 valence electrons. The zero-order valence-corrected chi connectivity index (χ0v) is 19.8. The van der Waals surface area contributed by atoms with Crippen molar-refractivity contribution in [3.63, 3.8) is 0 Å². The van der Waals surface area contributed by atoms with Gasteiger partial charge in [0.2, 0.25) is 5.91 Å². The summed E-state index contributed by atoms with van der Waals surface area (Å²) in [7, 11) is 1.70. The van der Waals surface area contributed by atoms with Gasteiger partial charge in [0, 0.05) is 61.8 Å². The number of aromatic amines is 1. The fourth-order valence-electron chi connectivity index (χ4n) is 4.93. The van der Waals surface area contributed by atoms with Gasteiger partial charge in [0.05, 0.1) is 23.4 Å². The third kappa shape index (κ3) is 4.46. The number of nitrogens with one attached hydrogen (secondary N) is 1. The Kier molecular flexibility index (Phi) is 5.93. The van der Waals surface area contributed by atoms with Crippen LogP contribution in [0.15, 0.2) is 41.8 Å². The van der Waals surface area contributed by atoms with Crippen LogP contribution in [0, 0.1) is 6.92 Å². The lowest BCUT2D eigenvalue weighted by molar-refractivity contribution is -0.133. The SMILES string of the molecule is Cc1nc2nc[nH]n2c(=O)c1CCC(=O)N(C)CC1(O)CCCN(c2ccnc3ccncc23)C1. The highest BCUT2D eigenvalue weighted by Gasteiger charge is 2.36. The monoisotopic (exact) mass is 476 g/mol. The number of aliphatic hydroxyl groups is 1. The van der Waals surface area contributed by atoms with Crippen LogP contribution in [0.5, 0.6) is 0 Å². The van der Waals surface area contributed by atoms with Crippen molar-refractivity contribution in [3.8, 4) is 0 Å². The fraction of sp³-hybridized carbons (Fsp3) is 0.417. The molecule has 2 N–H and O–H groups in total. The summed E-state index contributed by atoms with van der Waals surface area (Å²) in [6.07, 6.45) is 8.49. The Morgan fingerprint density at radius 2 is 2.14 bits per heavy atom. The van der Waals surface area contributed by atoms with E-state index in [1.807, 2.05) is 12.1 Å². The zero-order chi connectivity index (χ0) is 24.6. The second kappa shape index (κ2) is 9.06. The highest BCUT2D eigenvalue weighted by atomic mass is 16.3. The third-order valence-electron chi connectivity index (χ3n) is 6.69. The van der Waals surface area contributed by atoms with E-state index >= 15 is 0 Å². The van der Waals surface area contributed by atoms with Crippen LogP contribution in [0.4, 0.5) is 5.69 Å². The number of carbonyl (C=O) groups excluding carboxylic acids is 1. The minimum absolute atomic E-state index is 0.136. The first-order chi connectivity index (χ1) is 16.8. The van der Waals surface area contributed by atoms with E-state index in [9.17, 15) is 14.7 Å². The van der Waals surface area contributed by atoms with E-state index in [0.29, 0.717) is 30.0 Å². The topological polar surface area (TPSA) is 133 Å². The van der Waals surface area contributed by atoms with Crippen molar-refractivity contribution in [2.75, 3.05) is 31.6 Å². The Hall–Kier alpha value is -3.86. The molecule has 0 bridgehead atoms. The normalized spacial score (nSPS) is 18.3. The maximum absolute atomic E-state index is 12.9. The van der Waals surface area contributed by atoms with Crippen LogP contribution in [0.25, 0.3) is 16.7 Å². The molecular formula is C24H28N8O3. The van der Waals surface area contributed by atoms with Crippen molar-refractivity contribution in [2.45, 2.75) is 38.2 Å². The summed E-state index contributed by atoms with van der Waals surface area (Å²) in [6.45, 7) is 3.16. The number of amides is 1. The van der Waals surface area contributed by atoms with E-state index in [1.54, 1.807) is 37.5 Å². The molecule has 1 aliphatic rings. The predicted octanol–water partition coefficient (Wildman–Crippen LogP) is 1.09. The molecule has 1 fully saturated rings. The summed E-state index contributed by atoms with van der Waals surface area (Å²) in [4.78, 5) is 46.3. The van der Waals surface area contributed by atoms with E-state index in [2.05, 4.69) is 29.9 Å². The van der Waals surface area contributed by atoms with Gasteiger partial charge in [0.15, 0.2) is 0 Å². The second-order valence-electron chi connectivity index (χ2n) is 9.23. The molecule has 11 heteroatoms. The number of aryl methyl sites for hydroxylation is 1. The van der Waals surface area contributed by atoms with Gasteiger partial charge < -0.3 is 14.9 Å². The summed E-state index contributed by atoms with van der Waals surface area (Å²) in [5.41, 5.74) is 1.58. The number of rotatable bonds is 6. The molecule has 5 heterocycles. The number of pyridine rings is 2. The lowest BCUT2D eigenvalue weighted by Crippen LogP contribution is -2.54. The number of carbonyl (C=O) groups is 1. The molecule has 0 saturated carbocycles. The molecule has 11 nitrogen and oxygen atoms in total. The first-order valence-electron chi connectivity index (χ1n) is 11.7. The maximum atomic E-state index is 12.9. The molecule has 4 aromatic rings. The molecule has 1 unspecified atom stereocenters. The minimum atomic E-state index is -1.05. The number of hydrogen-bond donors (Lipinski definition) is 2. The summed E-state index contributed by atoms with van der Waals surface area (Å²) >= 11 is 0. The number of nitrogens with zero attached hydrogens (tertiary/aromatic N) is 7. The Morgan fingerprint density at radius 1 is 1.29 bits per heavy atom. The molecule has 0 spiro atoms. The van der Waals surface area contributed by atoms with Crippen LogP contribution in [0.2, 0.25) is 0 Å². The van der Waals surface area contributed by atoms with E-state index < -0.39 is 5.60 Å². The van der Waals surface area contributed by atoms with Crippen molar-refractivity contribution in [1.29, 1.82) is 0 Å². The number of fused-ring (bicyclic) bond motifs is 2. The lowest BCUT2D eigenvalue weighted by atomic mass is 9.91. The van der Waals surface area contributed by atoms with E-state index in [-0.39, 0.29) is 30.9 Å². The molecule has 0 radical (unpaired) electrons. The van der Waals surface area contributed by atoms with Gasteiger partial charge in [-0.3, -0.25) is 24.7 Å². The minimum Gasteiger partial charge on any atom is -0.386 e. The summed E-state index contributed by atoms with van der Waals surface area (Å²) in [6, 6.07) is 3.81. The van der Waals surface area contributed by atoms with Crippen LogP contribution in [-0.4, -0.2) is 77.7 Å². The quantitative estimate of drug-likeness (QED) is 0.423. The Morgan fingerprint density at radius 3 is 3.00 bits per heavy atom. The number of piperidine rings is 1. The van der Waals surface area contributed by atoms with Crippen molar-refractivity contribution in [1.82, 2.24) is 34.4 Å². The number of hydrogen-bond acceptors (Lipinski definition) is 8. The molecular weight excluding hydrogens is 448 g/mol. The smallest absolute Gasteiger partial charge is 0.277 e. The van der Waals surface area contributed by atoms with Crippen molar-refractivity contribution >= 4 is 28.3 Å². The molecule has 1 amide bonds. The Bertz CT molecular complexity index is 1440. The standard InChI is InChI=1S/C24H28N8O3/c1-16-17(22(34)32-23(29-16)27-15-28-32)4-5-21(33)30(2)13-24(35)8-3-11-31(14-24)20-7-10-26-19-6-9-25-12-18(19)20/h6-7,9-10,12,15,35H,3-5,8,11,13-14H2,1-2H3,(H,27,28,29). The number of β-amino-alcohol motifs (C(OH)–C–C–N with tert-alkyl or cyclic N) is 1. The van der Waals surface area contributed by atoms with Gasteiger partial charge >= 0.3 is 0 Å². The van der Waals surface area contributed by atoms with E-state index in [0.717, 1.165) is 29.6 Å². The van der Waals surface area contributed by atoms with Gasteiger partial charge in [-0.1, -0.05) is 0 Å². The van der Waals surface area contributed by atoms with Gasteiger partial charge in [-0.25, -0.2) is 9.97 Å². The van der Waals surface area contributed by atoms with E-state index in [4.69, 9.17) is 0 Å². The first-order valence-corrected chi connectivity index (χ1v) is 11.7. The highest BCUT2D eigenvalue weighted by Crippen LogP contribution is 2.31. The fourth-order valence-corrected chi connectivity index (χ4v) is 4.93. The van der Waals surface area contributed by atoms with Gasteiger partial charge in [-0.15, -0.1) is 0 Å². The zero-order valence-electron chi connectivity index (χ0n) is 19.8. The largest absolute Gasteiger partial charge is 0.386 e. The van der Waals surface area contributed by atoms with Crippen LogP contribution in [0.1, 0.15) is 30.5 Å². The summed E-state index contributed by atoms with van der Waals surface area (Å²) < 4.78 is 1.27. The van der Waals surface area contributed by atoms with Crippen molar-refractivity contribution < 1.29 is 9.90 Å². The first kappa shape index (κ1) is 22.9. The molecule has 5 rings (SSSR count). The van der Waals surface area contributed by atoms with Crippen LogP contribution in [0.3, 0.4) is 0 Å². The van der Waals surface area contributed by atoms with Crippen LogP contribution < -0.4 is 10.5 Å². The molecule has 1 saturated heterocycles. The number of likely N-dealkylation sites (N-methyl/N-ethyl adjacent to an activating group) is 1. The van der Waals surface area contributed by atoms with Crippen molar-refractivity contribution in [3.05, 3.63) is 58.7 Å². The maximum Gasteiger partial charge on any atom is 0.277 e. The third-order valence-corrected chi connectivity index (χ3v) is 6.69. The molecule has 0 aliphatic carbocycles. The predicted molar refractivity (Wildman–Crippen MR) is 130 cm³/mol.